The molecule has 0 aliphatic heterocycles. The summed E-state index contributed by atoms with van der Waals surface area (Å²) in [5, 5.41) is -0.120. The first-order valence-electron chi connectivity index (χ1n) is 5.20. The van der Waals surface area contributed by atoms with Gasteiger partial charge in [-0.3, -0.25) is 0 Å². The highest BCUT2D eigenvalue weighted by molar-refractivity contribution is 7.89. The van der Waals surface area contributed by atoms with Crippen molar-refractivity contribution in [3.05, 3.63) is 18.3 Å². The molecule has 1 heterocycles. The van der Waals surface area contributed by atoms with Crippen molar-refractivity contribution in [2.24, 2.45) is 0 Å². The van der Waals surface area contributed by atoms with E-state index in [0.29, 0.717) is 6.54 Å². The average molecular weight is 258 g/mol. The second-order valence-electron chi connectivity index (χ2n) is 4.18. The van der Waals surface area contributed by atoms with E-state index in [-0.39, 0.29) is 16.8 Å². The van der Waals surface area contributed by atoms with Gasteiger partial charge in [-0.05, 0) is 33.2 Å². The largest absolute Gasteiger partial charge is 0.396 e. The van der Waals surface area contributed by atoms with E-state index in [1.807, 2.05) is 19.0 Å². The molecule has 0 spiro atoms. The lowest BCUT2D eigenvalue weighted by atomic mass is 10.3. The van der Waals surface area contributed by atoms with E-state index in [0.717, 1.165) is 0 Å². The smallest absolute Gasteiger partial charge is 0.260 e. The van der Waals surface area contributed by atoms with Crippen LogP contribution in [0.2, 0.25) is 0 Å². The minimum Gasteiger partial charge on any atom is -0.396 e. The van der Waals surface area contributed by atoms with Gasteiger partial charge < -0.3 is 10.6 Å². The Morgan fingerprint density at radius 1 is 1.53 bits per heavy atom. The van der Waals surface area contributed by atoms with Crippen molar-refractivity contribution in [3.8, 4) is 0 Å². The van der Waals surface area contributed by atoms with E-state index in [1.165, 1.54) is 12.3 Å². The molecule has 1 atom stereocenters. The number of sulfonamides is 1. The lowest BCUT2D eigenvalue weighted by Gasteiger charge is -2.18. The first-order valence-corrected chi connectivity index (χ1v) is 6.69. The van der Waals surface area contributed by atoms with Gasteiger partial charge >= 0.3 is 0 Å². The van der Waals surface area contributed by atoms with Gasteiger partial charge in [0.1, 0.15) is 0 Å². The fraction of sp³-hybridized carbons (Fsp3) is 0.500. The van der Waals surface area contributed by atoms with Crippen LogP contribution in [0.5, 0.6) is 0 Å². The van der Waals surface area contributed by atoms with E-state index >= 15 is 0 Å². The predicted molar refractivity (Wildman–Crippen MR) is 67.0 cm³/mol. The summed E-state index contributed by atoms with van der Waals surface area (Å²) in [6.45, 7) is 2.39. The van der Waals surface area contributed by atoms with E-state index in [2.05, 4.69) is 9.71 Å². The Kier molecular flexibility index (Phi) is 4.44. The van der Waals surface area contributed by atoms with Crippen molar-refractivity contribution in [3.63, 3.8) is 0 Å². The molecule has 17 heavy (non-hydrogen) atoms. The number of nitrogens with two attached hydrogens (primary N) is 1. The van der Waals surface area contributed by atoms with Gasteiger partial charge in [-0.1, -0.05) is 0 Å². The van der Waals surface area contributed by atoms with Crippen molar-refractivity contribution in [1.29, 1.82) is 0 Å². The van der Waals surface area contributed by atoms with Crippen LogP contribution in [-0.4, -0.2) is 45.0 Å². The normalized spacial score (nSPS) is 13.9. The van der Waals surface area contributed by atoms with Crippen LogP contribution >= 0.6 is 0 Å². The van der Waals surface area contributed by atoms with Gasteiger partial charge in [0.25, 0.3) is 10.0 Å². The lowest BCUT2D eigenvalue weighted by Crippen LogP contribution is -2.39. The summed E-state index contributed by atoms with van der Waals surface area (Å²) in [7, 11) is 0.101. The van der Waals surface area contributed by atoms with Crippen LogP contribution < -0.4 is 10.5 Å². The fourth-order valence-electron chi connectivity index (χ4n) is 1.53. The number of hydrogen-bond acceptors (Lipinski definition) is 5. The number of pyridine rings is 1. The zero-order valence-corrected chi connectivity index (χ0v) is 11.0. The molecule has 0 amide bonds. The first kappa shape index (κ1) is 13.9. The Bertz CT molecular complexity index is 473. The lowest BCUT2D eigenvalue weighted by molar-refractivity contribution is 0.370. The van der Waals surface area contributed by atoms with Gasteiger partial charge in [0.2, 0.25) is 0 Å². The summed E-state index contributed by atoms with van der Waals surface area (Å²) in [5.41, 5.74) is 5.74. The maximum atomic E-state index is 12.0. The molecule has 1 unspecified atom stereocenters. The molecule has 0 bridgehead atoms. The van der Waals surface area contributed by atoms with Crippen LogP contribution in [0.3, 0.4) is 0 Å². The number of nitrogens with one attached hydrogen (secondary N) is 1. The quantitative estimate of drug-likeness (QED) is 0.769. The molecule has 1 aromatic rings. The Morgan fingerprint density at radius 3 is 2.71 bits per heavy atom. The highest BCUT2D eigenvalue weighted by atomic mass is 32.2. The molecule has 1 aromatic heterocycles. The molecule has 0 radical (unpaired) electrons. The molecule has 0 fully saturated rings. The third kappa shape index (κ3) is 3.95. The van der Waals surface area contributed by atoms with E-state index in [9.17, 15) is 8.42 Å². The summed E-state index contributed by atoms with van der Waals surface area (Å²) in [4.78, 5) is 5.69. The van der Waals surface area contributed by atoms with Crippen LogP contribution in [-0.2, 0) is 10.0 Å². The van der Waals surface area contributed by atoms with Crippen molar-refractivity contribution >= 4 is 15.7 Å². The molecule has 0 aliphatic carbocycles. The number of aromatic nitrogens is 1. The number of rotatable bonds is 5. The minimum absolute atomic E-state index is 0.120. The molecule has 0 saturated carbocycles. The predicted octanol–water partition coefficient (Wildman–Crippen LogP) is -0.108. The Hall–Kier alpha value is -1.18. The van der Waals surface area contributed by atoms with Crippen LogP contribution in [0.25, 0.3) is 0 Å². The number of nitrogen functional groups attached to an aromatic ring is 1. The SMILES string of the molecule is CC(CN(C)C)NS(=O)(=O)c1ncccc1N. The monoisotopic (exact) mass is 258 g/mol. The maximum Gasteiger partial charge on any atom is 0.260 e. The maximum absolute atomic E-state index is 12.0. The molecule has 0 aromatic carbocycles. The molecular weight excluding hydrogens is 240 g/mol. The summed E-state index contributed by atoms with van der Waals surface area (Å²) in [5.74, 6) is 0. The van der Waals surface area contributed by atoms with Gasteiger partial charge in [-0.25, -0.2) is 18.1 Å². The molecule has 6 nitrogen and oxygen atoms in total. The summed E-state index contributed by atoms with van der Waals surface area (Å²) >= 11 is 0. The molecule has 3 N–H and O–H groups in total. The summed E-state index contributed by atoms with van der Waals surface area (Å²) in [6.07, 6.45) is 1.40. The highest BCUT2D eigenvalue weighted by Gasteiger charge is 2.21. The van der Waals surface area contributed by atoms with Gasteiger partial charge in [-0.2, -0.15) is 0 Å². The van der Waals surface area contributed by atoms with Gasteiger partial charge in [0, 0.05) is 18.8 Å². The number of hydrogen-bond donors (Lipinski definition) is 2. The van der Waals surface area contributed by atoms with E-state index in [1.54, 1.807) is 13.0 Å². The Balaban J connectivity index is 2.86. The Labute approximate surface area is 102 Å². The molecule has 0 saturated heterocycles. The average Bonchev–Trinajstić information content (AvgIpc) is 2.15. The van der Waals surface area contributed by atoms with Crippen LogP contribution in [0, 0.1) is 0 Å². The minimum atomic E-state index is -3.65. The molecule has 0 aliphatic rings. The third-order valence-electron chi connectivity index (χ3n) is 2.05. The standard InChI is InChI=1S/C10H18N4O2S/c1-8(7-14(2)3)13-17(15,16)10-9(11)5-4-6-12-10/h4-6,8,13H,7,11H2,1-3H3. The van der Waals surface area contributed by atoms with Crippen LogP contribution in [0.15, 0.2) is 23.4 Å². The van der Waals surface area contributed by atoms with Crippen LogP contribution in [0.4, 0.5) is 5.69 Å². The molecule has 96 valence electrons. The third-order valence-corrected chi connectivity index (χ3v) is 3.61. The first-order chi connectivity index (χ1) is 7.83. The molecule has 7 heteroatoms. The highest BCUT2D eigenvalue weighted by Crippen LogP contribution is 2.13. The fourth-order valence-corrected chi connectivity index (χ4v) is 2.83. The van der Waals surface area contributed by atoms with Crippen molar-refractivity contribution in [1.82, 2.24) is 14.6 Å². The second kappa shape index (κ2) is 5.44. The van der Waals surface area contributed by atoms with Gasteiger partial charge in [-0.15, -0.1) is 0 Å². The number of nitrogens with zero attached hydrogens (tertiary/aromatic N) is 2. The van der Waals surface area contributed by atoms with E-state index in [4.69, 9.17) is 5.73 Å². The van der Waals surface area contributed by atoms with Crippen molar-refractivity contribution in [2.45, 2.75) is 18.0 Å². The van der Waals surface area contributed by atoms with Crippen molar-refractivity contribution < 1.29 is 8.42 Å². The summed E-state index contributed by atoms with van der Waals surface area (Å²) in [6, 6.07) is 2.90. The second-order valence-corrected chi connectivity index (χ2v) is 5.81. The number of anilines is 1. The van der Waals surface area contributed by atoms with E-state index < -0.39 is 10.0 Å². The van der Waals surface area contributed by atoms with Gasteiger partial charge in [0.05, 0.1) is 5.69 Å². The topological polar surface area (TPSA) is 88.3 Å². The summed E-state index contributed by atoms with van der Waals surface area (Å²) < 4.78 is 26.5. The van der Waals surface area contributed by atoms with Crippen LogP contribution in [0.1, 0.15) is 6.92 Å². The molecule has 1 rings (SSSR count). The van der Waals surface area contributed by atoms with Gasteiger partial charge in [0.15, 0.2) is 5.03 Å². The number of likely N-dealkylation sites (N-methyl/N-ethyl adjacent to an activating group) is 1. The Morgan fingerprint density at radius 2 is 2.18 bits per heavy atom. The molecular formula is C10H18N4O2S. The zero-order valence-electron chi connectivity index (χ0n) is 10.2. The zero-order chi connectivity index (χ0) is 13.1. The van der Waals surface area contributed by atoms with Crippen molar-refractivity contribution in [2.75, 3.05) is 26.4 Å².